The van der Waals surface area contributed by atoms with Crippen LogP contribution in [0.3, 0.4) is 0 Å². The van der Waals surface area contributed by atoms with Gasteiger partial charge in [-0.1, -0.05) is 43.4 Å². The van der Waals surface area contributed by atoms with E-state index in [9.17, 15) is 4.79 Å². The number of halogens is 1. The van der Waals surface area contributed by atoms with Crippen molar-refractivity contribution in [2.24, 2.45) is 5.41 Å². The highest BCUT2D eigenvalue weighted by Crippen LogP contribution is 2.09. The molecule has 0 bridgehead atoms. The van der Waals surface area contributed by atoms with Gasteiger partial charge in [0, 0.05) is 11.0 Å². The van der Waals surface area contributed by atoms with Crippen LogP contribution in [0.15, 0.2) is 0 Å². The van der Waals surface area contributed by atoms with E-state index in [0.717, 1.165) is 4.43 Å². The first-order chi connectivity index (χ1) is 5.95. The molecule has 0 aromatic heterocycles. The second-order valence-electron chi connectivity index (χ2n) is 4.08. The monoisotopic (exact) mass is 299 g/mol. The lowest BCUT2D eigenvalue weighted by atomic mass is 9.97. The van der Waals surface area contributed by atoms with Crippen molar-refractivity contribution in [1.29, 1.82) is 0 Å². The fourth-order valence-electron chi connectivity index (χ4n) is 0.634. The molecule has 0 fully saturated rings. The summed E-state index contributed by atoms with van der Waals surface area (Å²) in [7, 11) is 0. The number of hydrogen-bond acceptors (Lipinski definition) is 2. The van der Waals surface area contributed by atoms with E-state index in [1.807, 2.05) is 0 Å². The van der Waals surface area contributed by atoms with Gasteiger partial charge in [0.1, 0.15) is 6.61 Å². The van der Waals surface area contributed by atoms with Gasteiger partial charge in [0.15, 0.2) is 0 Å². The number of hydrogen-bond donors (Lipinski definition) is 1. The highest BCUT2D eigenvalue weighted by Gasteiger charge is 2.11. The zero-order valence-electron chi connectivity index (χ0n) is 8.52. The Balaban J connectivity index is 3.41. The molecule has 78 valence electrons. The summed E-state index contributed by atoms with van der Waals surface area (Å²) < 4.78 is 6.01. The van der Waals surface area contributed by atoms with Crippen molar-refractivity contribution in [2.75, 3.05) is 24.2 Å². The molecule has 0 aromatic carbocycles. The maximum Gasteiger partial charge on any atom is 0.246 e. The van der Waals surface area contributed by atoms with Crippen LogP contribution in [0.1, 0.15) is 20.8 Å². The van der Waals surface area contributed by atoms with E-state index >= 15 is 0 Å². The normalized spacial score (nSPS) is 11.4. The fourth-order valence-corrected chi connectivity index (χ4v) is 0.946. The zero-order chi connectivity index (χ0) is 10.3. The maximum atomic E-state index is 11.1. The van der Waals surface area contributed by atoms with Gasteiger partial charge in [-0.25, -0.2) is 0 Å². The minimum Gasteiger partial charge on any atom is -0.371 e. The molecule has 0 aromatic rings. The molecule has 0 spiro atoms. The molecular weight excluding hydrogens is 281 g/mol. The van der Waals surface area contributed by atoms with Crippen LogP contribution in [-0.2, 0) is 9.53 Å². The van der Waals surface area contributed by atoms with E-state index < -0.39 is 0 Å². The first-order valence-corrected chi connectivity index (χ1v) is 5.88. The second kappa shape index (κ2) is 6.59. The maximum absolute atomic E-state index is 11.1. The highest BCUT2D eigenvalue weighted by atomic mass is 127. The molecule has 0 unspecified atom stereocenters. The highest BCUT2D eigenvalue weighted by molar-refractivity contribution is 14.1. The summed E-state index contributed by atoms with van der Waals surface area (Å²) in [5, 5.41) is 2.82. The van der Waals surface area contributed by atoms with Crippen molar-refractivity contribution in [3.05, 3.63) is 0 Å². The summed E-state index contributed by atoms with van der Waals surface area (Å²) in [6.07, 6.45) is 0. The third-order valence-corrected chi connectivity index (χ3v) is 1.71. The number of ether oxygens (including phenoxy) is 1. The molecule has 0 aliphatic heterocycles. The van der Waals surface area contributed by atoms with Gasteiger partial charge in [-0.3, -0.25) is 4.79 Å². The third-order valence-electron chi connectivity index (χ3n) is 1.27. The Kier molecular flexibility index (Phi) is 6.67. The minimum absolute atomic E-state index is 0.0280. The van der Waals surface area contributed by atoms with Crippen molar-refractivity contribution < 1.29 is 9.53 Å². The Morgan fingerprint density at radius 3 is 2.54 bits per heavy atom. The number of amides is 1. The lowest BCUT2D eigenvalue weighted by Crippen LogP contribution is -2.34. The Labute approximate surface area is 93.7 Å². The summed E-state index contributed by atoms with van der Waals surface area (Å²) in [5.41, 5.74) is 0.138. The average molecular weight is 299 g/mol. The summed E-state index contributed by atoms with van der Waals surface area (Å²) in [4.78, 5) is 11.1. The van der Waals surface area contributed by atoms with Crippen LogP contribution in [0.2, 0.25) is 0 Å². The van der Waals surface area contributed by atoms with E-state index in [2.05, 4.69) is 48.7 Å². The van der Waals surface area contributed by atoms with E-state index in [1.54, 1.807) is 0 Å². The Morgan fingerprint density at radius 1 is 1.46 bits per heavy atom. The number of alkyl halides is 1. The molecule has 0 aliphatic carbocycles. The lowest BCUT2D eigenvalue weighted by Gasteiger charge is -2.18. The van der Waals surface area contributed by atoms with Gasteiger partial charge in [0.25, 0.3) is 0 Å². The Morgan fingerprint density at radius 2 is 2.08 bits per heavy atom. The molecule has 4 heteroatoms. The van der Waals surface area contributed by atoms with E-state index in [1.165, 1.54) is 0 Å². The lowest BCUT2D eigenvalue weighted by molar-refractivity contribution is -0.125. The molecule has 1 amide bonds. The van der Waals surface area contributed by atoms with E-state index in [-0.39, 0.29) is 17.9 Å². The van der Waals surface area contributed by atoms with Crippen LogP contribution in [0.4, 0.5) is 0 Å². The van der Waals surface area contributed by atoms with Gasteiger partial charge < -0.3 is 10.1 Å². The topological polar surface area (TPSA) is 38.3 Å². The van der Waals surface area contributed by atoms with Gasteiger partial charge in [-0.15, -0.1) is 0 Å². The van der Waals surface area contributed by atoms with Crippen LogP contribution >= 0.6 is 22.6 Å². The first-order valence-electron chi connectivity index (χ1n) is 4.36. The fraction of sp³-hybridized carbons (Fsp3) is 0.889. The largest absolute Gasteiger partial charge is 0.371 e. The zero-order valence-corrected chi connectivity index (χ0v) is 10.7. The summed E-state index contributed by atoms with van der Waals surface area (Å²) in [6.45, 7) is 7.76. The second-order valence-corrected chi connectivity index (χ2v) is 5.16. The van der Waals surface area contributed by atoms with E-state index in [0.29, 0.717) is 13.2 Å². The van der Waals surface area contributed by atoms with Crippen LogP contribution in [0, 0.1) is 5.41 Å². The number of nitrogens with one attached hydrogen (secondary N) is 1. The third kappa shape index (κ3) is 10.1. The first kappa shape index (κ1) is 13.2. The summed E-state index contributed by atoms with van der Waals surface area (Å²) in [6, 6.07) is 0. The molecule has 0 atom stereocenters. The minimum atomic E-state index is -0.0280. The quantitative estimate of drug-likeness (QED) is 0.476. The van der Waals surface area contributed by atoms with Gasteiger partial charge >= 0.3 is 0 Å². The molecule has 0 heterocycles. The van der Waals surface area contributed by atoms with Gasteiger partial charge in [0.2, 0.25) is 5.91 Å². The molecule has 0 rings (SSSR count). The average Bonchev–Trinajstić information content (AvgIpc) is 2.00. The van der Waals surface area contributed by atoms with Gasteiger partial charge in [-0.05, 0) is 5.41 Å². The Hall–Kier alpha value is 0.160. The van der Waals surface area contributed by atoms with Crippen molar-refractivity contribution in [1.82, 2.24) is 5.32 Å². The van der Waals surface area contributed by atoms with E-state index in [4.69, 9.17) is 4.74 Å². The smallest absolute Gasteiger partial charge is 0.246 e. The molecule has 3 nitrogen and oxygen atoms in total. The predicted octanol–water partition coefficient (Wildman–Crippen LogP) is 1.60. The number of rotatable bonds is 5. The van der Waals surface area contributed by atoms with Gasteiger partial charge in [0.05, 0.1) is 6.61 Å². The SMILES string of the molecule is CC(C)(C)CNC(=O)COCCI. The molecule has 0 saturated carbocycles. The van der Waals surface area contributed by atoms with Gasteiger partial charge in [-0.2, -0.15) is 0 Å². The molecule has 0 saturated heterocycles. The van der Waals surface area contributed by atoms with Crippen molar-refractivity contribution in [2.45, 2.75) is 20.8 Å². The molecule has 0 radical (unpaired) electrons. The molecular formula is C9H18INO2. The van der Waals surface area contributed by atoms with Crippen molar-refractivity contribution in [3.63, 3.8) is 0 Å². The van der Waals surface area contributed by atoms with Crippen LogP contribution in [-0.4, -0.2) is 30.1 Å². The molecule has 0 aliphatic rings. The van der Waals surface area contributed by atoms with Crippen LogP contribution in [0.25, 0.3) is 0 Å². The van der Waals surface area contributed by atoms with Crippen molar-refractivity contribution in [3.8, 4) is 0 Å². The standard InChI is InChI=1S/C9H18INO2/c1-9(2,3)7-11-8(12)6-13-5-4-10/h4-7H2,1-3H3,(H,11,12). The molecule has 13 heavy (non-hydrogen) atoms. The predicted molar refractivity (Wildman–Crippen MR) is 62.2 cm³/mol. The summed E-state index contributed by atoms with van der Waals surface area (Å²) in [5.74, 6) is -0.0280. The van der Waals surface area contributed by atoms with Crippen LogP contribution < -0.4 is 5.32 Å². The Bertz CT molecular complexity index is 154. The van der Waals surface area contributed by atoms with Crippen LogP contribution in [0.5, 0.6) is 0 Å². The number of carbonyl (C=O) groups excluding carboxylic acids is 1. The molecule has 1 N–H and O–H groups in total. The number of carbonyl (C=O) groups is 1. The summed E-state index contributed by atoms with van der Waals surface area (Å²) >= 11 is 2.21. The van der Waals surface area contributed by atoms with Crippen molar-refractivity contribution >= 4 is 28.5 Å².